The van der Waals surface area contributed by atoms with Crippen molar-refractivity contribution in [1.29, 1.82) is 0 Å². The summed E-state index contributed by atoms with van der Waals surface area (Å²) in [5.74, 6) is 0.864. The van der Waals surface area contributed by atoms with Gasteiger partial charge in [-0.1, -0.05) is 6.07 Å². The van der Waals surface area contributed by atoms with E-state index in [1.165, 1.54) is 18.4 Å². The highest BCUT2D eigenvalue weighted by atomic mass is 32.2. The number of sulfonamides is 1. The third-order valence-electron chi connectivity index (χ3n) is 2.58. The number of para-hydroxylation sites is 1. The van der Waals surface area contributed by atoms with E-state index < -0.39 is 10.0 Å². The zero-order chi connectivity index (χ0) is 14.6. The third kappa shape index (κ3) is 4.10. The smallest absolute Gasteiger partial charge is 0.244 e. The molecule has 0 fully saturated rings. The minimum atomic E-state index is -3.49. The second kappa shape index (κ2) is 6.60. The van der Waals surface area contributed by atoms with Crippen LogP contribution in [0.15, 0.2) is 28.0 Å². The van der Waals surface area contributed by atoms with E-state index in [9.17, 15) is 8.42 Å². The first kappa shape index (κ1) is 16.3. The number of hydrogen-bond donors (Lipinski definition) is 1. The molecular weight excluding hydrogens is 282 g/mol. The largest absolute Gasteiger partial charge is 0.397 e. The lowest BCUT2D eigenvalue weighted by Gasteiger charge is -2.15. The highest BCUT2D eigenvalue weighted by molar-refractivity contribution is 7.99. The zero-order valence-corrected chi connectivity index (χ0v) is 13.4. The topological polar surface area (TPSA) is 66.6 Å². The van der Waals surface area contributed by atoms with Gasteiger partial charge in [0.1, 0.15) is 4.90 Å². The summed E-state index contributed by atoms with van der Waals surface area (Å²) in [6.45, 7) is 0.911. The molecule has 0 bridgehead atoms. The first-order valence-corrected chi connectivity index (χ1v) is 8.28. The average Bonchev–Trinajstić information content (AvgIpc) is 2.30. The van der Waals surface area contributed by atoms with Gasteiger partial charge in [0.15, 0.2) is 0 Å². The van der Waals surface area contributed by atoms with Gasteiger partial charge in [-0.3, -0.25) is 0 Å². The number of benzene rings is 1. The van der Waals surface area contributed by atoms with Crippen molar-refractivity contribution in [3.05, 3.63) is 18.2 Å². The van der Waals surface area contributed by atoms with Crippen LogP contribution in [0.5, 0.6) is 0 Å². The molecule has 5 nitrogen and oxygen atoms in total. The highest BCUT2D eigenvalue weighted by Gasteiger charge is 2.21. The molecule has 7 heteroatoms. The van der Waals surface area contributed by atoms with Gasteiger partial charge in [0, 0.05) is 31.3 Å². The fourth-order valence-corrected chi connectivity index (χ4v) is 3.62. The van der Waals surface area contributed by atoms with E-state index in [1.807, 2.05) is 20.2 Å². The molecule has 0 heterocycles. The Morgan fingerprint density at radius 3 is 2.37 bits per heavy atom. The van der Waals surface area contributed by atoms with Crippen LogP contribution in [0.3, 0.4) is 0 Å². The standard InChI is InChI=1S/C12H21N3O2S2/c1-14(2)8-9-18-10-6-5-7-11(12(10)13)19(16,17)15(3)4/h5-7H,8-9,13H2,1-4H3. The van der Waals surface area contributed by atoms with Crippen LogP contribution in [0.25, 0.3) is 0 Å². The van der Waals surface area contributed by atoms with Crippen LogP contribution in [0.2, 0.25) is 0 Å². The fourth-order valence-electron chi connectivity index (χ4n) is 1.41. The van der Waals surface area contributed by atoms with Gasteiger partial charge < -0.3 is 10.6 Å². The Morgan fingerprint density at radius 2 is 1.84 bits per heavy atom. The number of nitrogen functional groups attached to an aromatic ring is 1. The van der Waals surface area contributed by atoms with E-state index in [0.717, 1.165) is 17.2 Å². The van der Waals surface area contributed by atoms with Gasteiger partial charge in [-0.2, -0.15) is 0 Å². The molecular formula is C12H21N3O2S2. The molecule has 0 spiro atoms. The molecule has 0 aliphatic carbocycles. The maximum atomic E-state index is 12.1. The van der Waals surface area contributed by atoms with Crippen molar-refractivity contribution in [2.45, 2.75) is 9.79 Å². The summed E-state index contributed by atoms with van der Waals surface area (Å²) in [7, 11) is 3.51. The monoisotopic (exact) mass is 303 g/mol. The van der Waals surface area contributed by atoms with Crippen molar-refractivity contribution >= 4 is 27.5 Å². The minimum absolute atomic E-state index is 0.173. The van der Waals surface area contributed by atoms with Gasteiger partial charge in [0.05, 0.1) is 5.69 Å². The van der Waals surface area contributed by atoms with Crippen molar-refractivity contribution < 1.29 is 8.42 Å². The lowest BCUT2D eigenvalue weighted by atomic mass is 10.3. The molecule has 108 valence electrons. The molecule has 0 aliphatic heterocycles. The second-order valence-corrected chi connectivity index (χ2v) is 7.86. The maximum Gasteiger partial charge on any atom is 0.244 e. The van der Waals surface area contributed by atoms with Crippen LogP contribution in [-0.2, 0) is 10.0 Å². The predicted molar refractivity (Wildman–Crippen MR) is 81.0 cm³/mol. The van der Waals surface area contributed by atoms with Crippen LogP contribution in [0.1, 0.15) is 0 Å². The fraction of sp³-hybridized carbons (Fsp3) is 0.500. The minimum Gasteiger partial charge on any atom is -0.397 e. The summed E-state index contributed by atoms with van der Waals surface area (Å²) in [6, 6.07) is 5.12. The molecule has 0 amide bonds. The summed E-state index contributed by atoms with van der Waals surface area (Å²) < 4.78 is 25.4. The van der Waals surface area contributed by atoms with Gasteiger partial charge >= 0.3 is 0 Å². The second-order valence-electron chi connectivity index (χ2n) is 4.61. The van der Waals surface area contributed by atoms with E-state index in [-0.39, 0.29) is 4.90 Å². The normalized spacial score (nSPS) is 12.3. The predicted octanol–water partition coefficient (Wildman–Crippen LogP) is 1.17. The molecule has 2 N–H and O–H groups in total. The van der Waals surface area contributed by atoms with Crippen molar-refractivity contribution in [2.24, 2.45) is 0 Å². The molecule has 0 unspecified atom stereocenters. The third-order valence-corrected chi connectivity index (χ3v) is 5.51. The van der Waals surface area contributed by atoms with Crippen molar-refractivity contribution in [2.75, 3.05) is 46.2 Å². The Labute approximate surface area is 119 Å². The lowest BCUT2D eigenvalue weighted by Crippen LogP contribution is -2.23. The number of rotatable bonds is 6. The van der Waals surface area contributed by atoms with E-state index in [0.29, 0.717) is 5.69 Å². The summed E-state index contributed by atoms with van der Waals surface area (Å²) in [6.07, 6.45) is 0. The first-order valence-electron chi connectivity index (χ1n) is 5.85. The SMILES string of the molecule is CN(C)CCSc1cccc(S(=O)(=O)N(C)C)c1N. The van der Waals surface area contributed by atoms with E-state index in [1.54, 1.807) is 23.9 Å². The van der Waals surface area contributed by atoms with Crippen LogP contribution < -0.4 is 5.73 Å². The maximum absolute atomic E-state index is 12.1. The van der Waals surface area contributed by atoms with Gasteiger partial charge in [0.25, 0.3) is 0 Å². The Hall–Kier alpha value is -0.760. The Kier molecular flexibility index (Phi) is 5.66. The van der Waals surface area contributed by atoms with Gasteiger partial charge in [-0.05, 0) is 26.2 Å². The molecule has 0 saturated carbocycles. The molecule has 0 aromatic heterocycles. The number of nitrogens with zero attached hydrogens (tertiary/aromatic N) is 2. The Balaban J connectivity index is 2.99. The van der Waals surface area contributed by atoms with E-state index in [2.05, 4.69) is 4.90 Å². The van der Waals surface area contributed by atoms with Crippen molar-refractivity contribution in [3.63, 3.8) is 0 Å². The Morgan fingerprint density at radius 1 is 1.21 bits per heavy atom. The average molecular weight is 303 g/mol. The molecule has 1 aromatic rings. The Bertz CT molecular complexity index is 528. The van der Waals surface area contributed by atoms with Crippen molar-refractivity contribution in [3.8, 4) is 0 Å². The van der Waals surface area contributed by atoms with Gasteiger partial charge in [0.2, 0.25) is 10.0 Å². The van der Waals surface area contributed by atoms with Crippen molar-refractivity contribution in [1.82, 2.24) is 9.21 Å². The number of thioether (sulfide) groups is 1. The van der Waals surface area contributed by atoms with Gasteiger partial charge in [-0.25, -0.2) is 12.7 Å². The molecule has 19 heavy (non-hydrogen) atoms. The van der Waals surface area contributed by atoms with Crippen LogP contribution in [0, 0.1) is 0 Å². The summed E-state index contributed by atoms with van der Waals surface area (Å²) in [5, 5.41) is 0. The number of hydrogen-bond acceptors (Lipinski definition) is 5. The molecule has 0 radical (unpaired) electrons. The molecule has 0 saturated heterocycles. The van der Waals surface area contributed by atoms with Crippen LogP contribution in [0.4, 0.5) is 5.69 Å². The number of anilines is 1. The van der Waals surface area contributed by atoms with E-state index in [4.69, 9.17) is 5.73 Å². The summed E-state index contributed by atoms with van der Waals surface area (Å²) in [5.41, 5.74) is 6.32. The van der Waals surface area contributed by atoms with Crippen LogP contribution >= 0.6 is 11.8 Å². The molecule has 1 rings (SSSR count). The molecule has 0 aliphatic rings. The lowest BCUT2D eigenvalue weighted by molar-refractivity contribution is 0.437. The van der Waals surface area contributed by atoms with Crippen LogP contribution in [-0.4, -0.2) is 58.1 Å². The molecule has 1 aromatic carbocycles. The molecule has 0 atom stereocenters. The summed E-state index contributed by atoms with van der Waals surface area (Å²) >= 11 is 1.57. The zero-order valence-electron chi connectivity index (χ0n) is 11.8. The summed E-state index contributed by atoms with van der Waals surface area (Å²) in [4.78, 5) is 3.06. The first-order chi connectivity index (χ1) is 8.76. The van der Waals surface area contributed by atoms with Gasteiger partial charge in [-0.15, -0.1) is 11.8 Å². The van der Waals surface area contributed by atoms with E-state index >= 15 is 0 Å². The number of nitrogens with two attached hydrogens (primary N) is 1. The highest BCUT2D eigenvalue weighted by Crippen LogP contribution is 2.31. The quantitative estimate of drug-likeness (QED) is 0.631.